The fraction of sp³-hybridized carbons (Fsp3) is 0.125. The largest absolute Gasteiger partial charge is 0.337 e. The number of benzene rings is 2. The van der Waals surface area contributed by atoms with Crippen LogP contribution in [-0.2, 0) is 6.54 Å². The number of nitriles is 1. The second-order valence-corrected chi connectivity index (χ2v) is 5.50. The lowest BCUT2D eigenvalue weighted by atomic mass is 10.1. The van der Waals surface area contributed by atoms with Crippen molar-refractivity contribution in [2.45, 2.75) is 6.54 Å². The molecule has 0 aliphatic carbocycles. The van der Waals surface area contributed by atoms with Crippen molar-refractivity contribution in [1.82, 2.24) is 4.90 Å². The van der Waals surface area contributed by atoms with Gasteiger partial charge in [-0.2, -0.15) is 5.26 Å². The molecule has 0 heterocycles. The van der Waals surface area contributed by atoms with Crippen LogP contribution >= 0.6 is 15.9 Å². The zero-order valence-corrected chi connectivity index (χ0v) is 12.9. The van der Waals surface area contributed by atoms with Gasteiger partial charge in [-0.15, -0.1) is 0 Å². The Labute approximate surface area is 130 Å². The lowest BCUT2D eigenvalue weighted by molar-refractivity contribution is 0.0784. The van der Waals surface area contributed by atoms with E-state index in [1.807, 2.05) is 6.07 Å². The monoisotopic (exact) mass is 346 g/mol. The third kappa shape index (κ3) is 3.67. The fourth-order valence-electron chi connectivity index (χ4n) is 1.90. The number of halogens is 2. The average molecular weight is 347 g/mol. The fourth-order valence-corrected chi connectivity index (χ4v) is 2.31. The molecular formula is C16H12BrFN2O. The van der Waals surface area contributed by atoms with Gasteiger partial charge in [0.2, 0.25) is 0 Å². The molecule has 0 N–H and O–H groups in total. The molecule has 2 aromatic rings. The molecule has 5 heteroatoms. The van der Waals surface area contributed by atoms with Gasteiger partial charge in [-0.25, -0.2) is 4.39 Å². The molecule has 0 saturated heterocycles. The third-order valence-corrected chi connectivity index (χ3v) is 3.52. The second kappa shape index (κ2) is 6.51. The minimum absolute atomic E-state index is 0.171. The topological polar surface area (TPSA) is 44.1 Å². The molecule has 2 rings (SSSR count). The van der Waals surface area contributed by atoms with Crippen molar-refractivity contribution in [3.63, 3.8) is 0 Å². The highest BCUT2D eigenvalue weighted by Gasteiger charge is 2.14. The van der Waals surface area contributed by atoms with E-state index < -0.39 is 0 Å². The number of carbonyl (C=O) groups is 1. The molecule has 21 heavy (non-hydrogen) atoms. The van der Waals surface area contributed by atoms with Crippen molar-refractivity contribution in [3.8, 4) is 6.07 Å². The molecule has 0 bridgehead atoms. The Balaban J connectivity index is 2.15. The van der Waals surface area contributed by atoms with E-state index >= 15 is 0 Å². The summed E-state index contributed by atoms with van der Waals surface area (Å²) < 4.78 is 14.5. The summed E-state index contributed by atoms with van der Waals surface area (Å²) in [5, 5.41) is 8.74. The first-order valence-corrected chi connectivity index (χ1v) is 7.00. The molecule has 1 amide bonds. The number of rotatable bonds is 3. The van der Waals surface area contributed by atoms with Crippen LogP contribution in [0.4, 0.5) is 4.39 Å². The summed E-state index contributed by atoms with van der Waals surface area (Å²) in [6.45, 7) is 0.171. The van der Waals surface area contributed by atoms with Crippen molar-refractivity contribution < 1.29 is 9.18 Å². The third-order valence-electron chi connectivity index (χ3n) is 3.02. The van der Waals surface area contributed by atoms with E-state index in [1.54, 1.807) is 43.4 Å². The van der Waals surface area contributed by atoms with Crippen LogP contribution in [-0.4, -0.2) is 17.9 Å². The molecule has 106 valence electrons. The van der Waals surface area contributed by atoms with E-state index in [2.05, 4.69) is 15.9 Å². The van der Waals surface area contributed by atoms with Gasteiger partial charge in [0.25, 0.3) is 5.91 Å². The normalized spacial score (nSPS) is 10.0. The minimum Gasteiger partial charge on any atom is -0.337 e. The Morgan fingerprint density at radius 2 is 1.95 bits per heavy atom. The second-order valence-electron chi connectivity index (χ2n) is 4.59. The minimum atomic E-state index is -0.349. The molecule has 0 unspecified atom stereocenters. The first-order chi connectivity index (χ1) is 10.0. The van der Waals surface area contributed by atoms with E-state index in [9.17, 15) is 9.18 Å². The van der Waals surface area contributed by atoms with Crippen LogP contribution < -0.4 is 0 Å². The zero-order chi connectivity index (χ0) is 15.4. The van der Waals surface area contributed by atoms with Crippen molar-refractivity contribution in [2.24, 2.45) is 0 Å². The predicted octanol–water partition coefficient (Wildman–Crippen LogP) is 3.73. The van der Waals surface area contributed by atoms with Gasteiger partial charge < -0.3 is 4.90 Å². The smallest absolute Gasteiger partial charge is 0.253 e. The molecular weight excluding hydrogens is 335 g/mol. The number of hydrogen-bond donors (Lipinski definition) is 0. The molecule has 0 saturated carbocycles. The van der Waals surface area contributed by atoms with Gasteiger partial charge in [-0.3, -0.25) is 4.79 Å². The van der Waals surface area contributed by atoms with Gasteiger partial charge in [0.1, 0.15) is 5.82 Å². The van der Waals surface area contributed by atoms with Crippen LogP contribution in [0.3, 0.4) is 0 Å². The Bertz CT molecular complexity index is 707. The first-order valence-electron chi connectivity index (χ1n) is 6.21. The van der Waals surface area contributed by atoms with Crippen LogP contribution in [0.5, 0.6) is 0 Å². The van der Waals surface area contributed by atoms with Crippen LogP contribution in [0, 0.1) is 17.1 Å². The summed E-state index contributed by atoms with van der Waals surface area (Å²) in [5.74, 6) is -0.573. The number of carbonyl (C=O) groups excluding carboxylic acids is 1. The highest BCUT2D eigenvalue weighted by molar-refractivity contribution is 9.10. The molecule has 0 aliphatic heterocycles. The Morgan fingerprint density at radius 1 is 1.29 bits per heavy atom. The lowest BCUT2D eigenvalue weighted by Crippen LogP contribution is -2.26. The molecule has 0 aliphatic rings. The lowest BCUT2D eigenvalue weighted by Gasteiger charge is -2.18. The van der Waals surface area contributed by atoms with Crippen molar-refractivity contribution in [3.05, 3.63) is 69.4 Å². The van der Waals surface area contributed by atoms with Crippen LogP contribution in [0.2, 0.25) is 0 Å². The van der Waals surface area contributed by atoms with Crippen LogP contribution in [0.1, 0.15) is 21.5 Å². The molecule has 0 atom stereocenters. The quantitative estimate of drug-likeness (QED) is 0.849. The molecule has 0 spiro atoms. The van der Waals surface area contributed by atoms with E-state index in [1.165, 1.54) is 11.0 Å². The maximum Gasteiger partial charge on any atom is 0.253 e. The van der Waals surface area contributed by atoms with E-state index in [-0.39, 0.29) is 18.3 Å². The summed E-state index contributed by atoms with van der Waals surface area (Å²) in [6.07, 6.45) is 0. The molecule has 0 aromatic heterocycles. The van der Waals surface area contributed by atoms with Crippen molar-refractivity contribution in [2.75, 3.05) is 7.05 Å². The van der Waals surface area contributed by atoms with E-state index in [4.69, 9.17) is 5.26 Å². The molecule has 0 fully saturated rings. The van der Waals surface area contributed by atoms with Gasteiger partial charge >= 0.3 is 0 Å². The Kier molecular flexibility index (Phi) is 4.71. The first kappa shape index (κ1) is 15.2. The Morgan fingerprint density at radius 3 is 2.57 bits per heavy atom. The average Bonchev–Trinajstić information content (AvgIpc) is 2.50. The Hall–Kier alpha value is -2.19. The summed E-state index contributed by atoms with van der Waals surface area (Å²) in [4.78, 5) is 13.7. The highest BCUT2D eigenvalue weighted by Crippen LogP contribution is 2.17. The van der Waals surface area contributed by atoms with Crippen molar-refractivity contribution >= 4 is 21.8 Å². The van der Waals surface area contributed by atoms with Crippen molar-refractivity contribution in [1.29, 1.82) is 5.26 Å². The van der Waals surface area contributed by atoms with Gasteiger partial charge in [-0.05, 0) is 42.5 Å². The van der Waals surface area contributed by atoms with Gasteiger partial charge in [0.05, 0.1) is 11.6 Å². The van der Waals surface area contributed by atoms with E-state index in [0.29, 0.717) is 16.7 Å². The van der Waals surface area contributed by atoms with Crippen LogP contribution in [0.25, 0.3) is 0 Å². The van der Waals surface area contributed by atoms with Crippen LogP contribution in [0.15, 0.2) is 46.9 Å². The summed E-state index contributed by atoms with van der Waals surface area (Å²) in [6, 6.07) is 13.0. The maximum atomic E-state index is 13.7. The van der Waals surface area contributed by atoms with E-state index in [0.717, 1.165) is 4.47 Å². The summed E-state index contributed by atoms with van der Waals surface area (Å²) in [5.41, 5.74) is 1.40. The zero-order valence-electron chi connectivity index (χ0n) is 11.3. The summed E-state index contributed by atoms with van der Waals surface area (Å²) in [7, 11) is 1.61. The number of amides is 1. The highest BCUT2D eigenvalue weighted by atomic mass is 79.9. The summed E-state index contributed by atoms with van der Waals surface area (Å²) >= 11 is 3.28. The predicted molar refractivity (Wildman–Crippen MR) is 81.1 cm³/mol. The maximum absolute atomic E-state index is 13.7. The molecule has 3 nitrogen and oxygen atoms in total. The molecule has 2 aromatic carbocycles. The van der Waals surface area contributed by atoms with Gasteiger partial charge in [0, 0.05) is 29.2 Å². The van der Waals surface area contributed by atoms with Gasteiger partial charge in [-0.1, -0.05) is 15.9 Å². The number of hydrogen-bond acceptors (Lipinski definition) is 2. The molecule has 0 radical (unpaired) electrons. The number of nitrogens with zero attached hydrogens (tertiary/aromatic N) is 2. The SMILES string of the molecule is CN(Cc1cc(Br)ccc1F)C(=O)c1ccc(C#N)cc1. The van der Waals surface area contributed by atoms with Gasteiger partial charge in [0.15, 0.2) is 0 Å². The standard InChI is InChI=1S/C16H12BrFN2O/c1-20(10-13-8-14(17)6-7-15(13)18)16(21)12-4-2-11(9-19)3-5-12/h2-8H,10H2,1H3.